The van der Waals surface area contributed by atoms with Crippen LogP contribution in [-0.4, -0.2) is 86.6 Å². The van der Waals surface area contributed by atoms with Gasteiger partial charge in [-0.15, -0.1) is 0 Å². The van der Waals surface area contributed by atoms with Crippen LogP contribution >= 0.6 is 0 Å². The highest BCUT2D eigenvalue weighted by Gasteiger charge is 2.50. The minimum Gasteiger partial charge on any atom is -0.453 e. The highest BCUT2D eigenvalue weighted by Crippen LogP contribution is 2.51. The van der Waals surface area contributed by atoms with Crippen LogP contribution in [0.2, 0.25) is 0 Å². The molecule has 3 amide bonds. The van der Waals surface area contributed by atoms with E-state index in [0.29, 0.717) is 24.9 Å². The lowest BCUT2D eigenvalue weighted by Gasteiger charge is -2.35. The van der Waals surface area contributed by atoms with Crippen molar-refractivity contribution in [2.75, 3.05) is 20.8 Å². The molecule has 3 N–H and O–H groups in total. The molecule has 2 aliphatic heterocycles. The first-order valence-electron chi connectivity index (χ1n) is 20.3. The van der Waals surface area contributed by atoms with Crippen LogP contribution in [0.5, 0.6) is 0 Å². The van der Waals surface area contributed by atoms with Crippen molar-refractivity contribution >= 4 is 39.7 Å². The van der Waals surface area contributed by atoms with Crippen LogP contribution in [0, 0.1) is 11.8 Å². The van der Waals surface area contributed by atoms with E-state index < -0.39 is 12.1 Å². The van der Waals surface area contributed by atoms with Crippen LogP contribution < -0.4 is 5.32 Å². The van der Waals surface area contributed by atoms with Gasteiger partial charge in [0.2, 0.25) is 11.8 Å². The van der Waals surface area contributed by atoms with Gasteiger partial charge >= 0.3 is 6.09 Å². The Bertz CT molecular complexity index is 2350. The summed E-state index contributed by atoms with van der Waals surface area (Å²) in [6.45, 7) is 6.40. The zero-order valence-electron chi connectivity index (χ0n) is 32.9. The summed E-state index contributed by atoms with van der Waals surface area (Å²) in [6, 6.07) is 16.9. The molecule has 5 aromatic rings. The van der Waals surface area contributed by atoms with E-state index in [0.717, 1.165) is 101 Å². The molecule has 292 valence electrons. The Kier molecular flexibility index (Phi) is 9.34. The van der Waals surface area contributed by atoms with Crippen LogP contribution in [0.25, 0.3) is 44.2 Å². The molecule has 56 heavy (non-hydrogen) atoms. The van der Waals surface area contributed by atoms with Crippen LogP contribution in [-0.2, 0) is 31.9 Å². The molecule has 2 aromatic heterocycles. The number of imidazole rings is 2. The lowest BCUT2D eigenvalue weighted by molar-refractivity contribution is -0.138. The summed E-state index contributed by atoms with van der Waals surface area (Å²) in [4.78, 5) is 60.7. The number of aryl methyl sites for hydroxylation is 2. The molecule has 6 atom stereocenters. The van der Waals surface area contributed by atoms with Gasteiger partial charge in [0.15, 0.2) is 0 Å². The maximum atomic E-state index is 13.7. The quantitative estimate of drug-likeness (QED) is 0.142. The highest BCUT2D eigenvalue weighted by molar-refractivity contribution is 6.05. The van der Waals surface area contributed by atoms with Crippen LogP contribution in [0.3, 0.4) is 0 Å². The lowest BCUT2D eigenvalue weighted by atomic mass is 9.89. The third-order valence-corrected chi connectivity index (χ3v) is 12.9. The Balaban J connectivity index is 0.966. The zero-order chi connectivity index (χ0) is 38.8. The third kappa shape index (κ3) is 6.22. The van der Waals surface area contributed by atoms with Crippen molar-refractivity contribution in [1.82, 2.24) is 35.1 Å². The van der Waals surface area contributed by atoms with E-state index in [1.54, 1.807) is 7.11 Å². The van der Waals surface area contributed by atoms with Crippen molar-refractivity contribution in [3.63, 3.8) is 0 Å². The number of alkyl carbamates (subject to hydrolysis) is 1. The van der Waals surface area contributed by atoms with Crippen molar-refractivity contribution in [2.45, 2.75) is 102 Å². The number of nitrogens with one attached hydrogen (secondary N) is 3. The monoisotopic (exact) mass is 757 g/mol. The minimum atomic E-state index is -0.681. The number of aromatic amines is 2. The maximum Gasteiger partial charge on any atom is 0.407 e. The number of hydrogen-bond acceptors (Lipinski definition) is 7. The van der Waals surface area contributed by atoms with Gasteiger partial charge in [-0.2, -0.15) is 0 Å². The van der Waals surface area contributed by atoms with E-state index in [1.807, 2.05) is 31.7 Å². The van der Waals surface area contributed by atoms with Gasteiger partial charge in [-0.05, 0) is 97.9 Å². The normalized spacial score (nSPS) is 22.5. The summed E-state index contributed by atoms with van der Waals surface area (Å²) >= 11 is 0. The van der Waals surface area contributed by atoms with Gasteiger partial charge in [-0.25, -0.2) is 14.8 Å². The predicted octanol–water partition coefficient (Wildman–Crippen LogP) is 7.39. The largest absolute Gasteiger partial charge is 0.453 e. The number of benzene rings is 3. The van der Waals surface area contributed by atoms with Gasteiger partial charge in [0.05, 0.1) is 54.1 Å². The summed E-state index contributed by atoms with van der Waals surface area (Å²) in [5.41, 5.74) is 8.79. The number of methoxy groups -OCH3 is 2. The topological polar surface area (TPSA) is 146 Å². The van der Waals surface area contributed by atoms with E-state index in [9.17, 15) is 14.4 Å². The summed E-state index contributed by atoms with van der Waals surface area (Å²) in [5.74, 6) is 2.09. The number of carbonyl (C=O) groups excluding carboxylic acids is 3. The van der Waals surface area contributed by atoms with E-state index in [2.05, 4.69) is 62.6 Å². The molecule has 2 saturated heterocycles. The van der Waals surface area contributed by atoms with Crippen LogP contribution in [0.1, 0.15) is 94.3 Å². The second-order valence-electron chi connectivity index (χ2n) is 16.6. The van der Waals surface area contributed by atoms with E-state index in [1.165, 1.54) is 18.2 Å². The number of carbonyl (C=O) groups is 3. The lowest BCUT2D eigenvalue weighted by Crippen LogP contribution is -2.51. The van der Waals surface area contributed by atoms with Gasteiger partial charge in [-0.1, -0.05) is 50.2 Å². The zero-order valence-corrected chi connectivity index (χ0v) is 32.9. The maximum absolute atomic E-state index is 13.7. The summed E-state index contributed by atoms with van der Waals surface area (Å²) in [7, 11) is 2.97. The fraction of sp³-hybridized carbons (Fsp3) is 0.477. The fourth-order valence-corrected chi connectivity index (χ4v) is 9.94. The first-order chi connectivity index (χ1) is 27.1. The molecule has 12 nitrogen and oxygen atoms in total. The van der Waals surface area contributed by atoms with Gasteiger partial charge < -0.3 is 34.6 Å². The molecule has 9 rings (SSSR count). The first kappa shape index (κ1) is 36.4. The van der Waals surface area contributed by atoms with E-state index in [4.69, 9.17) is 19.4 Å². The van der Waals surface area contributed by atoms with E-state index >= 15 is 0 Å². The molecule has 0 unspecified atom stereocenters. The Hall–Kier alpha value is -5.23. The van der Waals surface area contributed by atoms with Gasteiger partial charge in [0.1, 0.15) is 17.7 Å². The Morgan fingerprint density at radius 3 is 2.55 bits per heavy atom. The van der Waals surface area contributed by atoms with Crippen LogP contribution in [0.15, 0.2) is 48.5 Å². The standard InChI is InChI=1S/C44H51N7O5/c1-23(2)37(49-44(54)56-5)43(53)50-18-6-7-35(50)41-45-33-16-11-27-20-25(9-14-31(27)38(33)47-41)26-10-15-32-28(21-26)12-17-34-39(32)48-42(46-34)40-29-8-13-30(22-29)51(40)36(52)19-24(3)55-4/h9-11,14-16,20-21,23-24,29-30,35,37,40H,6-8,12-13,17-19,22H2,1-5H3,(H,45,47)(H,46,48)(H,49,54)/t24-,29+,30-,35+,37+,40+/m1/s1. The average molecular weight is 758 g/mol. The molecular weight excluding hydrogens is 707 g/mol. The van der Waals surface area contributed by atoms with Gasteiger partial charge in [0.25, 0.3) is 0 Å². The summed E-state index contributed by atoms with van der Waals surface area (Å²) in [6.07, 6.45) is 6.37. The molecule has 2 bridgehead atoms. The molecule has 2 aliphatic carbocycles. The minimum absolute atomic E-state index is 0.000746. The number of hydrogen-bond donors (Lipinski definition) is 3. The Morgan fingerprint density at radius 1 is 0.929 bits per heavy atom. The second kappa shape index (κ2) is 14.4. The number of H-pyrrole nitrogens is 2. The molecular formula is C44H51N7O5. The second-order valence-corrected chi connectivity index (χ2v) is 16.6. The first-order valence-corrected chi connectivity index (χ1v) is 20.3. The number of amides is 3. The number of nitrogens with zero attached hydrogens (tertiary/aromatic N) is 4. The molecule has 0 radical (unpaired) electrons. The van der Waals surface area contributed by atoms with Gasteiger partial charge in [-0.3, -0.25) is 9.59 Å². The SMILES string of the molecule is COC(=O)N[C@H](C(=O)N1CCC[C@H]1c1nc2ccc3cc(-c4ccc5c(c4)CCc4nc([C@@H]6[C@H]7CC[C@H](C7)N6C(=O)C[C@@H](C)OC)[nH]c4-5)ccc3c2[nH]1)C(C)C. The summed E-state index contributed by atoms with van der Waals surface area (Å²) in [5, 5.41) is 4.91. The number of piperidine rings is 1. The molecule has 1 saturated carbocycles. The van der Waals surface area contributed by atoms with Crippen LogP contribution in [0.4, 0.5) is 4.79 Å². The molecule has 4 aliphatic rings. The molecule has 12 heteroatoms. The third-order valence-electron chi connectivity index (χ3n) is 12.9. The smallest absolute Gasteiger partial charge is 0.407 e. The average Bonchev–Trinajstić information content (AvgIpc) is 4.06. The Morgan fingerprint density at radius 2 is 1.75 bits per heavy atom. The fourth-order valence-electron chi connectivity index (χ4n) is 9.94. The number of likely N-dealkylation sites (tertiary alicyclic amines) is 2. The summed E-state index contributed by atoms with van der Waals surface area (Å²) < 4.78 is 10.2. The number of aromatic nitrogens is 4. The number of rotatable bonds is 9. The Labute approximate surface area is 326 Å². The van der Waals surface area contributed by atoms with Crippen molar-refractivity contribution in [2.24, 2.45) is 11.8 Å². The van der Waals surface area contributed by atoms with Crippen molar-refractivity contribution < 1.29 is 23.9 Å². The molecule has 3 fully saturated rings. The highest BCUT2D eigenvalue weighted by atomic mass is 16.5. The number of ether oxygens (including phenoxy) is 2. The van der Waals surface area contributed by atoms with Gasteiger partial charge in [0, 0.05) is 30.6 Å². The van der Waals surface area contributed by atoms with Crippen molar-refractivity contribution in [1.29, 1.82) is 0 Å². The number of fused-ring (bicyclic) bond motifs is 8. The molecule has 4 heterocycles. The molecule has 3 aromatic carbocycles. The van der Waals surface area contributed by atoms with Crippen molar-refractivity contribution in [3.05, 3.63) is 71.4 Å². The predicted molar refractivity (Wildman–Crippen MR) is 214 cm³/mol. The van der Waals surface area contributed by atoms with Crippen molar-refractivity contribution in [3.8, 4) is 22.4 Å². The molecule has 0 spiro atoms. The van der Waals surface area contributed by atoms with E-state index in [-0.39, 0.29) is 35.9 Å².